The Kier molecular flexibility index (Phi) is 7.76. The molecule has 1 rings (SSSR count). The summed E-state index contributed by atoms with van der Waals surface area (Å²) in [6, 6.07) is 4.58. The van der Waals surface area contributed by atoms with Crippen LogP contribution in [0.25, 0.3) is 0 Å². The molecule has 5 nitrogen and oxygen atoms in total. The van der Waals surface area contributed by atoms with E-state index in [1.807, 2.05) is 0 Å². The molecule has 0 amide bonds. The van der Waals surface area contributed by atoms with Gasteiger partial charge in [-0.15, -0.1) is 0 Å². The minimum absolute atomic E-state index is 0.350. The van der Waals surface area contributed by atoms with Crippen molar-refractivity contribution in [2.24, 2.45) is 0 Å². The lowest BCUT2D eigenvalue weighted by molar-refractivity contribution is 0.458. The highest BCUT2D eigenvalue weighted by Crippen LogP contribution is 2.23. The van der Waals surface area contributed by atoms with Crippen molar-refractivity contribution >= 4 is 39.1 Å². The Bertz CT molecular complexity index is 532. The number of benzene rings is 1. The SMILES string of the molecule is CCCNCCCN(C)S(=O)(=O)Nc1cc(Cl)cc(Cl)c1. The normalized spacial score (nSPS) is 11.9. The molecule has 0 radical (unpaired) electrons. The van der Waals surface area contributed by atoms with Gasteiger partial charge >= 0.3 is 10.2 Å². The zero-order valence-corrected chi connectivity index (χ0v) is 14.5. The van der Waals surface area contributed by atoms with E-state index in [0.717, 1.165) is 25.9 Å². The molecule has 0 saturated heterocycles. The second-order valence-electron chi connectivity index (χ2n) is 4.69. The van der Waals surface area contributed by atoms with Crippen molar-refractivity contribution in [3.05, 3.63) is 28.2 Å². The molecule has 120 valence electrons. The van der Waals surface area contributed by atoms with Crippen LogP contribution < -0.4 is 10.0 Å². The molecule has 2 N–H and O–H groups in total. The highest BCUT2D eigenvalue weighted by molar-refractivity contribution is 7.90. The van der Waals surface area contributed by atoms with Crippen LogP contribution in [0.2, 0.25) is 10.0 Å². The second-order valence-corrected chi connectivity index (χ2v) is 7.34. The third-order valence-electron chi connectivity index (χ3n) is 2.77. The highest BCUT2D eigenvalue weighted by Gasteiger charge is 2.17. The molecule has 8 heteroatoms. The van der Waals surface area contributed by atoms with Crippen LogP contribution in [0, 0.1) is 0 Å². The van der Waals surface area contributed by atoms with E-state index >= 15 is 0 Å². The molecule has 0 aliphatic rings. The average molecular weight is 354 g/mol. The molecule has 0 bridgehead atoms. The maximum absolute atomic E-state index is 12.2. The van der Waals surface area contributed by atoms with E-state index in [4.69, 9.17) is 23.2 Å². The topological polar surface area (TPSA) is 61.4 Å². The van der Waals surface area contributed by atoms with Gasteiger partial charge in [-0.3, -0.25) is 4.72 Å². The molecule has 1 aromatic carbocycles. The van der Waals surface area contributed by atoms with Crippen molar-refractivity contribution in [3.8, 4) is 0 Å². The molecule has 0 aliphatic heterocycles. The summed E-state index contributed by atoms with van der Waals surface area (Å²) in [5, 5.41) is 3.99. The molecular weight excluding hydrogens is 333 g/mol. The summed E-state index contributed by atoms with van der Waals surface area (Å²) in [6.45, 7) is 4.25. The van der Waals surface area contributed by atoms with Crippen molar-refractivity contribution in [1.29, 1.82) is 0 Å². The Morgan fingerprint density at radius 2 is 1.76 bits per heavy atom. The first-order chi connectivity index (χ1) is 9.85. The standard InChI is InChI=1S/C13H21Cl2N3O2S/c1-3-5-16-6-4-7-18(2)21(19,20)17-13-9-11(14)8-12(15)10-13/h8-10,16-17H,3-7H2,1-2H3. The third kappa shape index (κ3) is 6.84. The lowest BCUT2D eigenvalue weighted by Crippen LogP contribution is -2.34. The molecule has 21 heavy (non-hydrogen) atoms. The fourth-order valence-electron chi connectivity index (χ4n) is 1.69. The summed E-state index contributed by atoms with van der Waals surface area (Å²) in [5.41, 5.74) is 0.350. The third-order valence-corrected chi connectivity index (χ3v) is 4.71. The highest BCUT2D eigenvalue weighted by atomic mass is 35.5. The van der Waals surface area contributed by atoms with Crippen LogP contribution in [-0.2, 0) is 10.2 Å². The summed E-state index contributed by atoms with van der Waals surface area (Å²) >= 11 is 11.7. The number of nitrogens with zero attached hydrogens (tertiary/aromatic N) is 1. The van der Waals surface area contributed by atoms with Gasteiger partial charge in [-0.2, -0.15) is 12.7 Å². The van der Waals surface area contributed by atoms with Crippen LogP contribution in [0.3, 0.4) is 0 Å². The van der Waals surface area contributed by atoms with Crippen LogP contribution in [0.4, 0.5) is 5.69 Å². The van der Waals surface area contributed by atoms with Gasteiger partial charge in [0.15, 0.2) is 0 Å². The summed E-state index contributed by atoms with van der Waals surface area (Å²) in [7, 11) is -2.07. The van der Waals surface area contributed by atoms with E-state index in [9.17, 15) is 8.42 Å². The number of hydrogen-bond donors (Lipinski definition) is 2. The van der Waals surface area contributed by atoms with Crippen LogP contribution in [0.15, 0.2) is 18.2 Å². The molecule has 0 fully saturated rings. The molecule has 0 spiro atoms. The van der Waals surface area contributed by atoms with E-state index in [1.165, 1.54) is 23.5 Å². The van der Waals surface area contributed by atoms with E-state index in [0.29, 0.717) is 22.3 Å². The molecule has 0 aliphatic carbocycles. The number of anilines is 1. The first-order valence-electron chi connectivity index (χ1n) is 6.76. The van der Waals surface area contributed by atoms with Crippen molar-refractivity contribution in [2.45, 2.75) is 19.8 Å². The summed E-state index contributed by atoms with van der Waals surface area (Å²) < 4.78 is 28.0. The largest absolute Gasteiger partial charge is 0.317 e. The van der Waals surface area contributed by atoms with Crippen LogP contribution >= 0.6 is 23.2 Å². The second kappa shape index (κ2) is 8.80. The molecule has 1 aromatic rings. The summed E-state index contributed by atoms with van der Waals surface area (Å²) in [6.07, 6.45) is 1.80. The van der Waals surface area contributed by atoms with Crippen molar-refractivity contribution in [3.63, 3.8) is 0 Å². The van der Waals surface area contributed by atoms with Crippen molar-refractivity contribution in [2.75, 3.05) is 31.4 Å². The Morgan fingerprint density at radius 3 is 2.33 bits per heavy atom. The van der Waals surface area contributed by atoms with Crippen molar-refractivity contribution < 1.29 is 8.42 Å². The first kappa shape index (κ1) is 18.5. The van der Waals surface area contributed by atoms with E-state index < -0.39 is 10.2 Å². The predicted octanol–water partition coefficient (Wildman–Crippen LogP) is 2.97. The van der Waals surface area contributed by atoms with Crippen LogP contribution in [0.1, 0.15) is 19.8 Å². The lowest BCUT2D eigenvalue weighted by Gasteiger charge is -2.18. The van der Waals surface area contributed by atoms with Gasteiger partial charge in [-0.05, 0) is 44.1 Å². The van der Waals surface area contributed by atoms with Crippen molar-refractivity contribution in [1.82, 2.24) is 9.62 Å². The molecule has 0 aromatic heterocycles. The molecule has 0 unspecified atom stereocenters. The number of hydrogen-bond acceptors (Lipinski definition) is 3. The zero-order chi connectivity index (χ0) is 15.9. The Morgan fingerprint density at radius 1 is 1.14 bits per heavy atom. The van der Waals surface area contributed by atoms with E-state index in [-0.39, 0.29) is 0 Å². The Labute approximate surface area is 136 Å². The lowest BCUT2D eigenvalue weighted by atomic mass is 10.3. The monoisotopic (exact) mass is 353 g/mol. The maximum atomic E-state index is 12.2. The minimum atomic E-state index is -3.60. The predicted molar refractivity (Wildman–Crippen MR) is 89.4 cm³/mol. The van der Waals surface area contributed by atoms with Gasteiger partial charge in [-0.25, -0.2) is 0 Å². The fourth-order valence-corrected chi connectivity index (χ4v) is 3.16. The smallest absolute Gasteiger partial charge is 0.301 e. The van der Waals surface area contributed by atoms with Crippen LogP contribution in [0.5, 0.6) is 0 Å². The van der Waals surface area contributed by atoms with Gasteiger partial charge in [0, 0.05) is 23.6 Å². The molecular formula is C13H21Cl2N3O2S. The summed E-state index contributed by atoms with van der Waals surface area (Å²) in [5.74, 6) is 0. The number of halogens is 2. The van der Waals surface area contributed by atoms with Crippen LogP contribution in [-0.4, -0.2) is 39.4 Å². The minimum Gasteiger partial charge on any atom is -0.317 e. The average Bonchev–Trinajstić information content (AvgIpc) is 2.36. The molecule has 0 saturated carbocycles. The van der Waals surface area contributed by atoms with Gasteiger partial charge in [0.1, 0.15) is 0 Å². The maximum Gasteiger partial charge on any atom is 0.301 e. The first-order valence-corrected chi connectivity index (χ1v) is 8.95. The molecule has 0 atom stereocenters. The number of rotatable bonds is 9. The van der Waals surface area contributed by atoms with Gasteiger partial charge in [0.05, 0.1) is 5.69 Å². The Balaban J connectivity index is 2.55. The molecule has 0 heterocycles. The zero-order valence-electron chi connectivity index (χ0n) is 12.2. The quantitative estimate of drug-likeness (QED) is 0.671. The Hall–Kier alpha value is -0.530. The number of nitrogens with one attached hydrogen (secondary N) is 2. The summed E-state index contributed by atoms with van der Waals surface area (Å²) in [4.78, 5) is 0. The van der Waals surface area contributed by atoms with Gasteiger partial charge < -0.3 is 5.32 Å². The fraction of sp³-hybridized carbons (Fsp3) is 0.538. The van der Waals surface area contributed by atoms with Gasteiger partial charge in [0.25, 0.3) is 0 Å². The van der Waals surface area contributed by atoms with E-state index in [1.54, 1.807) is 6.07 Å². The van der Waals surface area contributed by atoms with E-state index in [2.05, 4.69) is 17.0 Å². The van der Waals surface area contributed by atoms with Gasteiger partial charge in [0.2, 0.25) is 0 Å². The van der Waals surface area contributed by atoms with Gasteiger partial charge in [-0.1, -0.05) is 30.1 Å².